The first kappa shape index (κ1) is 15.4. The van der Waals surface area contributed by atoms with Gasteiger partial charge in [0.25, 0.3) is 0 Å². The van der Waals surface area contributed by atoms with Gasteiger partial charge < -0.3 is 9.47 Å². The fraction of sp³-hybridized carbons (Fsp3) is 0.105. The van der Waals surface area contributed by atoms with Crippen molar-refractivity contribution in [2.75, 3.05) is 7.11 Å². The SMILES string of the molecule is C#COc1ccc2nc(-c3cc(C)cc4nc(OC)cnc34)sc2c1. The molecule has 6 heteroatoms. The standard InChI is InChI=1S/C19H13N3O2S/c1-4-24-12-5-6-14-16(9-12)25-19(22-14)13-7-11(2)8-15-18(13)20-10-17(21-15)23-3/h1,5-10H,2-3H3. The Morgan fingerprint density at radius 3 is 2.80 bits per heavy atom. The Kier molecular flexibility index (Phi) is 3.71. The number of fused-ring (bicyclic) bond motifs is 2. The quantitative estimate of drug-likeness (QED) is 0.520. The van der Waals surface area contributed by atoms with Crippen LogP contribution in [0.2, 0.25) is 0 Å². The second-order valence-electron chi connectivity index (χ2n) is 5.46. The van der Waals surface area contributed by atoms with E-state index in [-0.39, 0.29) is 0 Å². The van der Waals surface area contributed by atoms with Crippen molar-refractivity contribution in [1.82, 2.24) is 15.0 Å². The molecule has 25 heavy (non-hydrogen) atoms. The normalized spacial score (nSPS) is 10.8. The largest absolute Gasteiger partial charge is 0.480 e. The zero-order valence-corrected chi connectivity index (χ0v) is 14.4. The first-order chi connectivity index (χ1) is 12.2. The van der Waals surface area contributed by atoms with Gasteiger partial charge in [0.15, 0.2) is 0 Å². The van der Waals surface area contributed by atoms with Crippen LogP contribution in [0.15, 0.2) is 36.5 Å². The monoisotopic (exact) mass is 347 g/mol. The summed E-state index contributed by atoms with van der Waals surface area (Å²) in [7, 11) is 1.58. The fourth-order valence-electron chi connectivity index (χ4n) is 2.66. The molecule has 2 aromatic carbocycles. The fourth-order valence-corrected chi connectivity index (χ4v) is 3.67. The Balaban J connectivity index is 1.91. The zero-order valence-electron chi connectivity index (χ0n) is 13.6. The molecule has 5 nitrogen and oxygen atoms in total. The van der Waals surface area contributed by atoms with Crippen molar-refractivity contribution < 1.29 is 9.47 Å². The maximum atomic E-state index is 5.19. The van der Waals surface area contributed by atoms with Crippen LogP contribution in [0.3, 0.4) is 0 Å². The van der Waals surface area contributed by atoms with Crippen LogP contribution in [0, 0.1) is 19.5 Å². The van der Waals surface area contributed by atoms with Gasteiger partial charge in [0, 0.05) is 11.6 Å². The number of aromatic nitrogens is 3. The van der Waals surface area contributed by atoms with Crippen LogP contribution < -0.4 is 9.47 Å². The van der Waals surface area contributed by atoms with Crippen molar-refractivity contribution in [3.05, 3.63) is 42.1 Å². The minimum Gasteiger partial charge on any atom is -0.480 e. The molecular weight excluding hydrogens is 334 g/mol. The molecule has 2 heterocycles. The van der Waals surface area contributed by atoms with Gasteiger partial charge >= 0.3 is 0 Å². The Morgan fingerprint density at radius 2 is 2.00 bits per heavy atom. The van der Waals surface area contributed by atoms with Crippen LogP contribution in [-0.4, -0.2) is 22.1 Å². The van der Waals surface area contributed by atoms with Crippen LogP contribution in [0.25, 0.3) is 31.8 Å². The molecule has 0 N–H and O–H groups in total. The summed E-state index contributed by atoms with van der Waals surface area (Å²) in [5.74, 6) is 1.12. The number of aryl methyl sites for hydroxylation is 1. The van der Waals surface area contributed by atoms with Crippen LogP contribution in [0.5, 0.6) is 11.6 Å². The lowest BCUT2D eigenvalue weighted by molar-refractivity contribution is 0.397. The minimum absolute atomic E-state index is 0.490. The van der Waals surface area contributed by atoms with Crippen molar-refractivity contribution in [3.8, 4) is 34.7 Å². The molecule has 0 aliphatic carbocycles. The van der Waals surface area contributed by atoms with E-state index in [4.69, 9.17) is 20.9 Å². The number of methoxy groups -OCH3 is 1. The maximum Gasteiger partial charge on any atom is 0.232 e. The zero-order chi connectivity index (χ0) is 17.4. The maximum absolute atomic E-state index is 5.19. The molecule has 122 valence electrons. The Hall–Kier alpha value is -3.17. The van der Waals surface area contributed by atoms with Gasteiger partial charge in [-0.15, -0.1) is 11.3 Å². The predicted octanol–water partition coefficient (Wildman–Crippen LogP) is 4.19. The number of ether oxygens (including phenoxy) is 2. The van der Waals surface area contributed by atoms with Crippen molar-refractivity contribution in [2.45, 2.75) is 6.92 Å². The molecule has 0 aliphatic rings. The lowest BCUT2D eigenvalue weighted by Gasteiger charge is -2.06. The summed E-state index contributed by atoms with van der Waals surface area (Å²) >= 11 is 1.57. The number of terminal acetylenes is 1. The van der Waals surface area contributed by atoms with Crippen molar-refractivity contribution in [2.24, 2.45) is 0 Å². The van der Waals surface area contributed by atoms with Crippen molar-refractivity contribution in [3.63, 3.8) is 0 Å². The number of hydrogen-bond donors (Lipinski definition) is 0. The van der Waals surface area contributed by atoms with Crippen LogP contribution in [0.1, 0.15) is 5.56 Å². The molecule has 0 fully saturated rings. The molecule has 0 spiro atoms. The van der Waals surface area contributed by atoms with Crippen molar-refractivity contribution in [1.29, 1.82) is 0 Å². The molecule has 0 amide bonds. The van der Waals surface area contributed by atoms with Gasteiger partial charge in [-0.1, -0.05) is 6.42 Å². The molecule has 0 radical (unpaired) electrons. The molecule has 0 saturated carbocycles. The lowest BCUT2D eigenvalue weighted by Crippen LogP contribution is -1.93. The van der Waals surface area contributed by atoms with E-state index in [9.17, 15) is 0 Å². The molecular formula is C19H13N3O2S. The molecule has 4 rings (SSSR count). The van der Waals surface area contributed by atoms with Gasteiger partial charge in [0.05, 0.1) is 34.6 Å². The third-order valence-electron chi connectivity index (χ3n) is 3.75. The van der Waals surface area contributed by atoms with E-state index >= 15 is 0 Å². The Bertz CT molecular complexity index is 1140. The summed E-state index contributed by atoms with van der Waals surface area (Å²) in [4.78, 5) is 13.7. The highest BCUT2D eigenvalue weighted by molar-refractivity contribution is 7.21. The van der Waals surface area contributed by atoms with Crippen LogP contribution in [0.4, 0.5) is 0 Å². The third kappa shape index (κ3) is 2.75. The Morgan fingerprint density at radius 1 is 1.12 bits per heavy atom. The number of benzene rings is 2. The predicted molar refractivity (Wildman–Crippen MR) is 98.9 cm³/mol. The summed E-state index contributed by atoms with van der Waals surface area (Å²) in [6, 6.07) is 9.66. The number of thiazole rings is 1. The highest BCUT2D eigenvalue weighted by Crippen LogP contribution is 2.35. The van der Waals surface area contributed by atoms with E-state index < -0.39 is 0 Å². The molecule has 2 aromatic heterocycles. The highest BCUT2D eigenvalue weighted by Gasteiger charge is 2.13. The molecule has 0 aliphatic heterocycles. The summed E-state index contributed by atoms with van der Waals surface area (Å²) < 4.78 is 11.3. The topological polar surface area (TPSA) is 57.1 Å². The first-order valence-corrected chi connectivity index (χ1v) is 8.34. The number of rotatable bonds is 3. The average molecular weight is 347 g/mol. The van der Waals surface area contributed by atoms with Gasteiger partial charge in [0.2, 0.25) is 5.88 Å². The second kappa shape index (κ2) is 6.04. The average Bonchev–Trinajstić information content (AvgIpc) is 3.03. The number of hydrogen-bond acceptors (Lipinski definition) is 6. The summed E-state index contributed by atoms with van der Waals surface area (Å²) in [6.45, 7) is 2.02. The van der Waals surface area contributed by atoms with Gasteiger partial charge in [-0.3, -0.25) is 0 Å². The second-order valence-corrected chi connectivity index (χ2v) is 6.49. The van der Waals surface area contributed by atoms with Gasteiger partial charge in [-0.25, -0.2) is 15.0 Å². The molecule has 4 aromatic rings. The first-order valence-electron chi connectivity index (χ1n) is 7.53. The highest BCUT2D eigenvalue weighted by atomic mass is 32.1. The molecule has 0 atom stereocenters. The van der Waals surface area contributed by atoms with E-state index in [1.807, 2.05) is 31.2 Å². The Labute approximate surface area is 148 Å². The van der Waals surface area contributed by atoms with E-state index in [0.29, 0.717) is 11.6 Å². The van der Waals surface area contributed by atoms with E-state index in [0.717, 1.165) is 37.4 Å². The van der Waals surface area contributed by atoms with Crippen molar-refractivity contribution >= 4 is 32.6 Å². The number of nitrogens with zero attached hydrogens (tertiary/aromatic N) is 3. The van der Waals surface area contributed by atoms with E-state index in [2.05, 4.69) is 22.1 Å². The smallest absolute Gasteiger partial charge is 0.232 e. The molecule has 0 unspecified atom stereocenters. The van der Waals surface area contributed by atoms with Gasteiger partial charge in [-0.2, -0.15) is 0 Å². The molecule has 0 saturated heterocycles. The lowest BCUT2D eigenvalue weighted by atomic mass is 10.1. The summed E-state index contributed by atoms with van der Waals surface area (Å²) in [5.41, 5.74) is 4.50. The van der Waals surface area contributed by atoms with E-state index in [1.54, 1.807) is 24.6 Å². The van der Waals surface area contributed by atoms with Gasteiger partial charge in [-0.05, 0) is 36.8 Å². The summed E-state index contributed by atoms with van der Waals surface area (Å²) in [5, 5.41) is 0.876. The minimum atomic E-state index is 0.490. The van der Waals surface area contributed by atoms with Crippen LogP contribution in [-0.2, 0) is 0 Å². The summed E-state index contributed by atoms with van der Waals surface area (Å²) in [6.07, 6.45) is 9.00. The van der Waals surface area contributed by atoms with E-state index in [1.165, 1.54) is 0 Å². The van der Waals surface area contributed by atoms with Crippen LogP contribution >= 0.6 is 11.3 Å². The van der Waals surface area contributed by atoms with Gasteiger partial charge in [0.1, 0.15) is 16.9 Å². The molecule has 0 bridgehead atoms. The third-order valence-corrected chi connectivity index (χ3v) is 4.80.